The van der Waals surface area contributed by atoms with E-state index in [1.54, 1.807) is 18.4 Å². The minimum atomic E-state index is 0.634. The van der Waals surface area contributed by atoms with Gasteiger partial charge in [0.05, 0.1) is 7.11 Å². The number of aromatic nitrogens is 2. The summed E-state index contributed by atoms with van der Waals surface area (Å²) in [5, 5.41) is 13.8. The summed E-state index contributed by atoms with van der Waals surface area (Å²) in [5.74, 6) is 1.45. The second-order valence-electron chi connectivity index (χ2n) is 4.87. The van der Waals surface area contributed by atoms with Gasteiger partial charge in [0, 0.05) is 16.6 Å². The molecule has 0 aliphatic heterocycles. The van der Waals surface area contributed by atoms with Crippen molar-refractivity contribution >= 4 is 27.3 Å². The predicted octanol–water partition coefficient (Wildman–Crippen LogP) is 3.72. The number of halogens is 1. The number of hydrogen-bond donors (Lipinski definition) is 1. The Hall–Kier alpha value is -0.980. The van der Waals surface area contributed by atoms with Gasteiger partial charge in [-0.05, 0) is 30.7 Å². The Labute approximate surface area is 131 Å². The van der Waals surface area contributed by atoms with Gasteiger partial charge in [-0.1, -0.05) is 41.1 Å². The summed E-state index contributed by atoms with van der Waals surface area (Å²) in [7, 11) is 1.66. The Morgan fingerprint density at radius 3 is 2.85 bits per heavy atom. The third-order valence-electron chi connectivity index (χ3n) is 2.70. The predicted molar refractivity (Wildman–Crippen MR) is 86.1 cm³/mol. The number of hydrogen-bond acceptors (Lipinski definition) is 5. The number of rotatable bonds is 6. The molecule has 0 amide bonds. The first-order valence-electron chi connectivity index (χ1n) is 6.47. The summed E-state index contributed by atoms with van der Waals surface area (Å²) < 4.78 is 6.25. The van der Waals surface area contributed by atoms with Crippen LogP contribution in [0.25, 0.3) is 10.6 Å². The van der Waals surface area contributed by atoms with E-state index in [4.69, 9.17) is 4.74 Å². The van der Waals surface area contributed by atoms with Crippen molar-refractivity contribution in [2.75, 3.05) is 13.7 Å². The lowest BCUT2D eigenvalue weighted by atomic mass is 10.2. The SMILES string of the molecule is COc1ccc(Br)c(-c2nnc(CNCC(C)C)s2)c1. The summed E-state index contributed by atoms with van der Waals surface area (Å²) >= 11 is 5.15. The van der Waals surface area contributed by atoms with Crippen LogP contribution in [0.2, 0.25) is 0 Å². The smallest absolute Gasteiger partial charge is 0.149 e. The van der Waals surface area contributed by atoms with Crippen molar-refractivity contribution in [3.63, 3.8) is 0 Å². The molecule has 0 aliphatic rings. The number of nitrogens with one attached hydrogen (secondary N) is 1. The lowest BCUT2D eigenvalue weighted by Gasteiger charge is -2.04. The van der Waals surface area contributed by atoms with Gasteiger partial charge in [-0.2, -0.15) is 0 Å². The van der Waals surface area contributed by atoms with Crippen LogP contribution >= 0.6 is 27.3 Å². The second-order valence-corrected chi connectivity index (χ2v) is 6.79. The van der Waals surface area contributed by atoms with Crippen LogP contribution in [0.1, 0.15) is 18.9 Å². The summed E-state index contributed by atoms with van der Waals surface area (Å²) in [5.41, 5.74) is 1.01. The van der Waals surface area contributed by atoms with E-state index in [-0.39, 0.29) is 0 Å². The highest BCUT2D eigenvalue weighted by Crippen LogP contribution is 2.33. The van der Waals surface area contributed by atoms with Gasteiger partial charge in [-0.15, -0.1) is 10.2 Å². The summed E-state index contributed by atoms with van der Waals surface area (Å²) in [4.78, 5) is 0. The third kappa shape index (κ3) is 4.01. The topological polar surface area (TPSA) is 47.0 Å². The molecule has 2 rings (SSSR count). The average Bonchev–Trinajstić information content (AvgIpc) is 2.87. The van der Waals surface area contributed by atoms with E-state index in [9.17, 15) is 0 Å². The maximum absolute atomic E-state index is 5.25. The van der Waals surface area contributed by atoms with Crippen molar-refractivity contribution in [3.8, 4) is 16.3 Å². The molecular weight excluding hydrogens is 338 g/mol. The van der Waals surface area contributed by atoms with Crippen molar-refractivity contribution in [1.82, 2.24) is 15.5 Å². The molecule has 0 saturated heterocycles. The van der Waals surface area contributed by atoms with Gasteiger partial charge in [0.15, 0.2) is 0 Å². The lowest BCUT2D eigenvalue weighted by molar-refractivity contribution is 0.415. The fourth-order valence-corrected chi connectivity index (χ4v) is 3.10. The molecule has 2 aromatic rings. The summed E-state index contributed by atoms with van der Waals surface area (Å²) in [6.07, 6.45) is 0. The van der Waals surface area contributed by atoms with Gasteiger partial charge in [0.25, 0.3) is 0 Å². The first kappa shape index (κ1) is 15.4. The molecular formula is C14H18BrN3OS. The van der Waals surface area contributed by atoms with Gasteiger partial charge in [-0.3, -0.25) is 0 Å². The Balaban J connectivity index is 2.12. The van der Waals surface area contributed by atoms with Crippen molar-refractivity contribution in [3.05, 3.63) is 27.7 Å². The standard InChI is InChI=1S/C14H18BrN3OS/c1-9(2)7-16-8-13-17-18-14(20-13)11-6-10(19-3)4-5-12(11)15/h4-6,9,16H,7-8H2,1-3H3. The van der Waals surface area contributed by atoms with Gasteiger partial charge in [-0.25, -0.2) is 0 Å². The monoisotopic (exact) mass is 355 g/mol. The minimum absolute atomic E-state index is 0.634. The molecule has 0 fully saturated rings. The molecule has 1 aromatic heterocycles. The number of ether oxygens (including phenoxy) is 1. The fraction of sp³-hybridized carbons (Fsp3) is 0.429. The highest BCUT2D eigenvalue weighted by Gasteiger charge is 2.11. The van der Waals surface area contributed by atoms with Crippen LogP contribution < -0.4 is 10.1 Å². The van der Waals surface area contributed by atoms with E-state index >= 15 is 0 Å². The molecule has 1 N–H and O–H groups in total. The first-order valence-corrected chi connectivity index (χ1v) is 8.08. The van der Waals surface area contributed by atoms with E-state index in [0.717, 1.165) is 38.9 Å². The average molecular weight is 356 g/mol. The second kappa shape index (κ2) is 7.15. The third-order valence-corrected chi connectivity index (χ3v) is 4.35. The van der Waals surface area contributed by atoms with Crippen LogP contribution in [0, 0.1) is 5.92 Å². The zero-order chi connectivity index (χ0) is 14.5. The van der Waals surface area contributed by atoms with E-state index in [1.807, 2.05) is 18.2 Å². The van der Waals surface area contributed by atoms with E-state index in [0.29, 0.717) is 5.92 Å². The van der Waals surface area contributed by atoms with Gasteiger partial charge < -0.3 is 10.1 Å². The zero-order valence-electron chi connectivity index (χ0n) is 11.8. The maximum Gasteiger partial charge on any atom is 0.149 e. The first-order chi connectivity index (χ1) is 9.60. The fourth-order valence-electron chi connectivity index (χ4n) is 1.70. The number of methoxy groups -OCH3 is 1. The van der Waals surface area contributed by atoms with Crippen LogP contribution in [0.15, 0.2) is 22.7 Å². The van der Waals surface area contributed by atoms with Gasteiger partial charge in [0.1, 0.15) is 15.8 Å². The normalized spacial score (nSPS) is 11.1. The number of nitrogens with zero attached hydrogens (tertiary/aromatic N) is 2. The Bertz CT molecular complexity index is 571. The molecule has 0 aliphatic carbocycles. The van der Waals surface area contributed by atoms with Gasteiger partial charge >= 0.3 is 0 Å². The van der Waals surface area contributed by atoms with Crippen LogP contribution in [-0.4, -0.2) is 23.9 Å². The molecule has 20 heavy (non-hydrogen) atoms. The molecule has 0 radical (unpaired) electrons. The summed E-state index contributed by atoms with van der Waals surface area (Å²) in [6.45, 7) is 6.12. The molecule has 0 bridgehead atoms. The molecule has 0 atom stereocenters. The van der Waals surface area contributed by atoms with Crippen molar-refractivity contribution in [2.24, 2.45) is 5.92 Å². The van der Waals surface area contributed by atoms with Crippen molar-refractivity contribution in [2.45, 2.75) is 20.4 Å². The highest BCUT2D eigenvalue weighted by atomic mass is 79.9. The molecule has 0 saturated carbocycles. The van der Waals surface area contributed by atoms with Crippen molar-refractivity contribution < 1.29 is 4.74 Å². The molecule has 4 nitrogen and oxygen atoms in total. The Morgan fingerprint density at radius 2 is 2.15 bits per heavy atom. The zero-order valence-corrected chi connectivity index (χ0v) is 14.2. The summed E-state index contributed by atoms with van der Waals surface area (Å²) in [6, 6.07) is 5.85. The highest BCUT2D eigenvalue weighted by molar-refractivity contribution is 9.10. The number of benzene rings is 1. The molecule has 1 aromatic carbocycles. The van der Waals surface area contributed by atoms with E-state index in [2.05, 4.69) is 45.3 Å². The van der Waals surface area contributed by atoms with E-state index < -0.39 is 0 Å². The molecule has 0 spiro atoms. The largest absolute Gasteiger partial charge is 0.497 e. The Kier molecular flexibility index (Phi) is 5.51. The van der Waals surface area contributed by atoms with Gasteiger partial charge in [0.2, 0.25) is 0 Å². The van der Waals surface area contributed by atoms with Crippen LogP contribution in [-0.2, 0) is 6.54 Å². The van der Waals surface area contributed by atoms with Crippen LogP contribution in [0.5, 0.6) is 5.75 Å². The molecule has 1 heterocycles. The lowest BCUT2D eigenvalue weighted by Crippen LogP contribution is -2.18. The molecule has 0 unspecified atom stereocenters. The van der Waals surface area contributed by atoms with Crippen LogP contribution in [0.3, 0.4) is 0 Å². The minimum Gasteiger partial charge on any atom is -0.497 e. The molecule has 108 valence electrons. The van der Waals surface area contributed by atoms with Crippen molar-refractivity contribution in [1.29, 1.82) is 0 Å². The maximum atomic E-state index is 5.25. The molecule has 6 heteroatoms. The van der Waals surface area contributed by atoms with Crippen LogP contribution in [0.4, 0.5) is 0 Å². The quantitative estimate of drug-likeness (QED) is 0.857. The Morgan fingerprint density at radius 1 is 1.35 bits per heavy atom. The van der Waals surface area contributed by atoms with E-state index in [1.165, 1.54) is 0 Å².